The second kappa shape index (κ2) is 7.02. The van der Waals surface area contributed by atoms with E-state index in [0.29, 0.717) is 29.1 Å². The summed E-state index contributed by atoms with van der Waals surface area (Å²) in [6.07, 6.45) is 1.63. The van der Waals surface area contributed by atoms with Crippen molar-refractivity contribution >= 4 is 5.82 Å². The summed E-state index contributed by atoms with van der Waals surface area (Å²) in [5, 5.41) is 3.97. The fraction of sp³-hybridized carbons (Fsp3) is 0.0526. The van der Waals surface area contributed by atoms with Crippen LogP contribution in [0.5, 0.6) is 5.75 Å². The summed E-state index contributed by atoms with van der Waals surface area (Å²) in [5.74, 6) is 2.63. The summed E-state index contributed by atoms with van der Waals surface area (Å²) in [6, 6.07) is 18.7. The van der Waals surface area contributed by atoms with Crippen molar-refractivity contribution < 1.29 is 9.26 Å². The summed E-state index contributed by atoms with van der Waals surface area (Å²) in [7, 11) is 0. The average Bonchev–Trinajstić information content (AvgIpc) is 3.17. The lowest BCUT2D eigenvalue weighted by Crippen LogP contribution is -1.97. The zero-order valence-electron chi connectivity index (χ0n) is 13.7. The lowest BCUT2D eigenvalue weighted by atomic mass is 10.2. The quantitative estimate of drug-likeness (QED) is 0.592. The number of hydrogen-bond donors (Lipinski definition) is 1. The molecule has 2 aromatic carbocycles. The highest BCUT2D eigenvalue weighted by atomic mass is 16.5. The van der Waals surface area contributed by atoms with Crippen LogP contribution in [0.4, 0.5) is 5.82 Å². The highest BCUT2D eigenvalue weighted by Crippen LogP contribution is 2.21. The van der Waals surface area contributed by atoms with Gasteiger partial charge in [0.25, 0.3) is 5.89 Å². The van der Waals surface area contributed by atoms with Gasteiger partial charge in [0, 0.05) is 17.3 Å². The first-order chi connectivity index (χ1) is 12.8. The van der Waals surface area contributed by atoms with E-state index in [9.17, 15) is 0 Å². The molecule has 0 saturated carbocycles. The van der Waals surface area contributed by atoms with Gasteiger partial charge in [0.1, 0.15) is 11.6 Å². The van der Waals surface area contributed by atoms with Crippen molar-refractivity contribution in [2.24, 2.45) is 0 Å². The number of ether oxygens (including phenoxy) is 1. The Balaban J connectivity index is 1.42. The summed E-state index contributed by atoms with van der Waals surface area (Å²) >= 11 is 0. The van der Waals surface area contributed by atoms with Gasteiger partial charge in [-0.05, 0) is 30.3 Å². The van der Waals surface area contributed by atoms with Crippen molar-refractivity contribution in [1.82, 2.24) is 20.1 Å². The second-order valence-electron chi connectivity index (χ2n) is 5.50. The first kappa shape index (κ1) is 15.8. The third-order valence-electron chi connectivity index (χ3n) is 3.65. The van der Waals surface area contributed by atoms with E-state index in [0.717, 1.165) is 11.1 Å². The molecule has 0 radical (unpaired) electrons. The van der Waals surface area contributed by atoms with Crippen molar-refractivity contribution in [2.45, 2.75) is 6.61 Å². The van der Waals surface area contributed by atoms with Gasteiger partial charge in [0.15, 0.2) is 12.4 Å². The van der Waals surface area contributed by atoms with Crippen LogP contribution in [0.25, 0.3) is 22.8 Å². The van der Waals surface area contributed by atoms with Crippen LogP contribution in [0.3, 0.4) is 0 Å². The van der Waals surface area contributed by atoms with E-state index in [1.807, 2.05) is 54.6 Å². The number of aromatic nitrogens is 4. The first-order valence-corrected chi connectivity index (χ1v) is 7.98. The van der Waals surface area contributed by atoms with E-state index in [1.165, 1.54) is 0 Å². The van der Waals surface area contributed by atoms with E-state index in [2.05, 4.69) is 20.1 Å². The van der Waals surface area contributed by atoms with E-state index in [-0.39, 0.29) is 6.61 Å². The zero-order chi connectivity index (χ0) is 17.8. The van der Waals surface area contributed by atoms with Crippen molar-refractivity contribution in [1.29, 1.82) is 0 Å². The Bertz CT molecular complexity index is 1000. The third-order valence-corrected chi connectivity index (χ3v) is 3.65. The lowest BCUT2D eigenvalue weighted by Gasteiger charge is -2.05. The van der Waals surface area contributed by atoms with Gasteiger partial charge in [0.05, 0.1) is 0 Å². The number of anilines is 1. The Hall–Kier alpha value is -3.74. The Morgan fingerprint density at radius 2 is 1.62 bits per heavy atom. The molecule has 0 aliphatic rings. The number of hydrogen-bond acceptors (Lipinski definition) is 7. The van der Waals surface area contributed by atoms with Gasteiger partial charge in [-0.25, -0.2) is 9.97 Å². The SMILES string of the molecule is Nc1ccnc(-c2ccc(OCc3nc(-c4ccccc4)no3)cc2)n1. The Morgan fingerprint density at radius 3 is 2.38 bits per heavy atom. The molecule has 0 bridgehead atoms. The Morgan fingerprint density at radius 1 is 0.846 bits per heavy atom. The van der Waals surface area contributed by atoms with Gasteiger partial charge in [0.2, 0.25) is 5.82 Å². The van der Waals surface area contributed by atoms with Gasteiger partial charge in [-0.1, -0.05) is 35.5 Å². The molecular formula is C19H15N5O2. The Kier molecular flexibility index (Phi) is 4.26. The van der Waals surface area contributed by atoms with Gasteiger partial charge in [-0.15, -0.1) is 0 Å². The smallest absolute Gasteiger partial charge is 0.264 e. The molecule has 0 amide bonds. The van der Waals surface area contributed by atoms with Gasteiger partial charge < -0.3 is 15.0 Å². The summed E-state index contributed by atoms with van der Waals surface area (Å²) < 4.78 is 10.9. The van der Waals surface area contributed by atoms with Crippen molar-refractivity contribution in [3.05, 3.63) is 72.8 Å². The second-order valence-corrected chi connectivity index (χ2v) is 5.50. The molecule has 128 valence electrons. The molecule has 0 unspecified atom stereocenters. The highest BCUT2D eigenvalue weighted by molar-refractivity contribution is 5.57. The van der Waals surface area contributed by atoms with Gasteiger partial charge >= 0.3 is 0 Å². The van der Waals surface area contributed by atoms with E-state index >= 15 is 0 Å². The molecule has 2 heterocycles. The summed E-state index contributed by atoms with van der Waals surface area (Å²) in [6.45, 7) is 0.188. The number of nitrogen functional groups attached to an aromatic ring is 1. The van der Waals surface area contributed by atoms with Crippen LogP contribution in [-0.2, 0) is 6.61 Å². The maximum absolute atomic E-state index is 5.69. The summed E-state index contributed by atoms with van der Waals surface area (Å²) in [5.41, 5.74) is 7.44. The molecule has 4 rings (SSSR count). The van der Waals surface area contributed by atoms with E-state index in [1.54, 1.807) is 12.3 Å². The topological polar surface area (TPSA) is 100.0 Å². The molecule has 2 N–H and O–H groups in total. The summed E-state index contributed by atoms with van der Waals surface area (Å²) in [4.78, 5) is 12.7. The van der Waals surface area contributed by atoms with Crippen molar-refractivity contribution in [3.63, 3.8) is 0 Å². The van der Waals surface area contributed by atoms with E-state index < -0.39 is 0 Å². The number of nitrogens with zero attached hydrogens (tertiary/aromatic N) is 4. The third kappa shape index (κ3) is 3.51. The molecule has 0 saturated heterocycles. The highest BCUT2D eigenvalue weighted by Gasteiger charge is 2.09. The van der Waals surface area contributed by atoms with Crippen LogP contribution in [-0.4, -0.2) is 20.1 Å². The molecule has 0 aliphatic heterocycles. The molecule has 0 aliphatic carbocycles. The van der Waals surface area contributed by atoms with Crippen LogP contribution in [0.1, 0.15) is 5.89 Å². The lowest BCUT2D eigenvalue weighted by molar-refractivity contribution is 0.243. The molecule has 4 aromatic rings. The van der Waals surface area contributed by atoms with Crippen molar-refractivity contribution in [2.75, 3.05) is 5.73 Å². The first-order valence-electron chi connectivity index (χ1n) is 7.98. The normalized spacial score (nSPS) is 10.6. The number of rotatable bonds is 5. The van der Waals surface area contributed by atoms with Crippen LogP contribution in [0.15, 0.2) is 71.4 Å². The van der Waals surface area contributed by atoms with Crippen LogP contribution >= 0.6 is 0 Å². The van der Waals surface area contributed by atoms with Crippen molar-refractivity contribution in [3.8, 4) is 28.5 Å². The fourth-order valence-electron chi connectivity index (χ4n) is 2.38. The average molecular weight is 345 g/mol. The molecule has 0 atom stereocenters. The number of nitrogens with two attached hydrogens (primary N) is 1. The standard InChI is InChI=1S/C19H15N5O2/c20-16-10-11-21-18(22-16)14-6-8-15(9-7-14)25-12-17-23-19(24-26-17)13-4-2-1-3-5-13/h1-11H,12H2,(H2,20,21,22). The fourth-order valence-corrected chi connectivity index (χ4v) is 2.38. The van der Waals surface area contributed by atoms with Crippen LogP contribution in [0.2, 0.25) is 0 Å². The molecule has 7 heteroatoms. The van der Waals surface area contributed by atoms with Crippen LogP contribution < -0.4 is 10.5 Å². The Labute approximate surface area is 149 Å². The largest absolute Gasteiger partial charge is 0.484 e. The van der Waals surface area contributed by atoms with E-state index in [4.69, 9.17) is 15.0 Å². The minimum absolute atomic E-state index is 0.188. The molecule has 26 heavy (non-hydrogen) atoms. The molecule has 0 spiro atoms. The molecule has 2 aromatic heterocycles. The maximum Gasteiger partial charge on any atom is 0.264 e. The number of benzene rings is 2. The minimum Gasteiger partial charge on any atom is -0.484 e. The predicted octanol–water partition coefficient (Wildman–Crippen LogP) is 3.35. The monoisotopic (exact) mass is 345 g/mol. The van der Waals surface area contributed by atoms with Crippen LogP contribution in [0, 0.1) is 0 Å². The van der Waals surface area contributed by atoms with Gasteiger partial charge in [-0.3, -0.25) is 0 Å². The molecule has 0 fully saturated rings. The molecular weight excluding hydrogens is 330 g/mol. The maximum atomic E-state index is 5.69. The zero-order valence-corrected chi connectivity index (χ0v) is 13.7. The predicted molar refractivity (Wildman–Crippen MR) is 95.9 cm³/mol. The molecule has 7 nitrogen and oxygen atoms in total. The van der Waals surface area contributed by atoms with Gasteiger partial charge in [-0.2, -0.15) is 4.98 Å². The minimum atomic E-state index is 0.188.